The third-order valence-corrected chi connectivity index (χ3v) is 4.43. The molecular formula is C21H20FN. The molecule has 1 aromatic heterocycles. The van der Waals surface area contributed by atoms with E-state index in [2.05, 4.69) is 29.5 Å². The van der Waals surface area contributed by atoms with E-state index in [1.54, 1.807) is 18.3 Å². The number of rotatable bonds is 2. The Hall–Kier alpha value is -2.40. The third kappa shape index (κ3) is 4.07. The Morgan fingerprint density at radius 1 is 1.04 bits per heavy atom. The van der Waals surface area contributed by atoms with Gasteiger partial charge in [-0.25, -0.2) is 4.39 Å². The summed E-state index contributed by atoms with van der Waals surface area (Å²) in [6.07, 6.45) is 8.58. The maximum Gasteiger partial charge on any atom is 0.123 e. The number of nitrogens with zero attached hydrogens (tertiary/aromatic N) is 1. The zero-order valence-electron chi connectivity index (χ0n) is 13.1. The zero-order chi connectivity index (χ0) is 16.1. The molecule has 3 rings (SSSR count). The molecule has 1 saturated carbocycles. The van der Waals surface area contributed by atoms with Crippen LogP contribution in [0.5, 0.6) is 0 Å². The highest BCUT2D eigenvalue weighted by Crippen LogP contribution is 2.28. The summed E-state index contributed by atoms with van der Waals surface area (Å²) in [4.78, 5) is 4.43. The second-order valence-corrected chi connectivity index (χ2v) is 6.06. The average Bonchev–Trinajstić information content (AvgIpc) is 2.61. The first-order valence-electron chi connectivity index (χ1n) is 8.10. The SMILES string of the molecule is C=C[C@H]1CC[C@H](C#Cc2ccc(-c3ccc(F)cc3)nc2)CC1. The van der Waals surface area contributed by atoms with E-state index in [9.17, 15) is 4.39 Å². The Bertz CT molecular complexity index is 711. The highest BCUT2D eigenvalue weighted by Gasteiger charge is 2.17. The Morgan fingerprint density at radius 2 is 1.78 bits per heavy atom. The fourth-order valence-electron chi connectivity index (χ4n) is 2.94. The summed E-state index contributed by atoms with van der Waals surface area (Å²) in [5, 5.41) is 0. The molecule has 2 heteroatoms. The van der Waals surface area contributed by atoms with E-state index >= 15 is 0 Å². The van der Waals surface area contributed by atoms with Crippen LogP contribution in [0, 0.1) is 29.5 Å². The van der Waals surface area contributed by atoms with Gasteiger partial charge in [-0.2, -0.15) is 0 Å². The molecule has 1 heterocycles. The van der Waals surface area contributed by atoms with Crippen LogP contribution in [0.2, 0.25) is 0 Å². The topological polar surface area (TPSA) is 12.9 Å². The predicted molar refractivity (Wildman–Crippen MR) is 92.2 cm³/mol. The molecule has 0 radical (unpaired) electrons. The van der Waals surface area contributed by atoms with Crippen LogP contribution < -0.4 is 0 Å². The van der Waals surface area contributed by atoms with Crippen LogP contribution in [0.15, 0.2) is 55.3 Å². The lowest BCUT2D eigenvalue weighted by Gasteiger charge is -2.22. The van der Waals surface area contributed by atoms with Crippen molar-refractivity contribution in [2.75, 3.05) is 0 Å². The van der Waals surface area contributed by atoms with Gasteiger partial charge < -0.3 is 0 Å². The van der Waals surface area contributed by atoms with Crippen LogP contribution in [-0.4, -0.2) is 4.98 Å². The minimum atomic E-state index is -0.234. The van der Waals surface area contributed by atoms with Crippen molar-refractivity contribution in [3.8, 4) is 23.1 Å². The molecule has 1 aliphatic rings. The summed E-state index contributed by atoms with van der Waals surface area (Å²) in [5.74, 6) is 7.54. The van der Waals surface area contributed by atoms with Gasteiger partial charge in [0.2, 0.25) is 0 Å². The number of benzene rings is 1. The number of hydrogen-bond acceptors (Lipinski definition) is 1. The molecular weight excluding hydrogens is 285 g/mol. The van der Waals surface area contributed by atoms with Crippen molar-refractivity contribution < 1.29 is 4.39 Å². The number of pyridine rings is 1. The van der Waals surface area contributed by atoms with Crippen molar-refractivity contribution in [1.29, 1.82) is 0 Å². The first-order valence-corrected chi connectivity index (χ1v) is 8.10. The molecule has 0 spiro atoms. The van der Waals surface area contributed by atoms with Crippen molar-refractivity contribution in [1.82, 2.24) is 4.98 Å². The molecule has 1 fully saturated rings. The average molecular weight is 305 g/mol. The number of allylic oxidation sites excluding steroid dienone is 1. The molecule has 0 saturated heterocycles. The molecule has 116 valence electrons. The van der Waals surface area contributed by atoms with E-state index in [-0.39, 0.29) is 5.82 Å². The quantitative estimate of drug-likeness (QED) is 0.547. The van der Waals surface area contributed by atoms with Gasteiger partial charge in [-0.1, -0.05) is 17.9 Å². The number of halogens is 1. The fourth-order valence-corrected chi connectivity index (χ4v) is 2.94. The summed E-state index contributed by atoms with van der Waals surface area (Å²) < 4.78 is 12.9. The van der Waals surface area contributed by atoms with Crippen molar-refractivity contribution in [3.63, 3.8) is 0 Å². The summed E-state index contributed by atoms with van der Waals surface area (Å²) in [7, 11) is 0. The normalized spacial score (nSPS) is 20.4. The summed E-state index contributed by atoms with van der Waals surface area (Å²) in [6.45, 7) is 3.88. The monoisotopic (exact) mass is 305 g/mol. The molecule has 0 unspecified atom stereocenters. The maximum absolute atomic E-state index is 12.9. The van der Waals surface area contributed by atoms with Crippen LogP contribution in [0.3, 0.4) is 0 Å². The van der Waals surface area contributed by atoms with Crippen LogP contribution in [0.25, 0.3) is 11.3 Å². The summed E-state index contributed by atoms with van der Waals surface area (Å²) in [6, 6.07) is 10.3. The Labute approximate surface area is 137 Å². The second-order valence-electron chi connectivity index (χ2n) is 6.06. The highest BCUT2D eigenvalue weighted by atomic mass is 19.1. The highest BCUT2D eigenvalue weighted by molar-refractivity contribution is 5.59. The van der Waals surface area contributed by atoms with Gasteiger partial charge in [0.15, 0.2) is 0 Å². The molecule has 1 aromatic carbocycles. The summed E-state index contributed by atoms with van der Waals surface area (Å²) >= 11 is 0. The lowest BCUT2D eigenvalue weighted by Crippen LogP contribution is -2.11. The molecule has 1 aliphatic carbocycles. The Kier molecular flexibility index (Phi) is 4.88. The predicted octanol–water partition coefficient (Wildman–Crippen LogP) is 5.23. The zero-order valence-corrected chi connectivity index (χ0v) is 13.1. The first-order chi connectivity index (χ1) is 11.2. The van der Waals surface area contributed by atoms with Crippen molar-refractivity contribution in [2.24, 2.45) is 11.8 Å². The van der Waals surface area contributed by atoms with E-state index in [0.717, 1.165) is 29.7 Å². The summed E-state index contributed by atoms with van der Waals surface area (Å²) in [5.41, 5.74) is 2.68. The lowest BCUT2D eigenvalue weighted by atomic mass is 9.82. The van der Waals surface area contributed by atoms with Crippen LogP contribution >= 0.6 is 0 Å². The van der Waals surface area contributed by atoms with Crippen LogP contribution in [-0.2, 0) is 0 Å². The first kappa shape index (κ1) is 15.5. The largest absolute Gasteiger partial charge is 0.255 e. The Balaban J connectivity index is 1.65. The van der Waals surface area contributed by atoms with E-state index in [1.165, 1.54) is 25.0 Å². The van der Waals surface area contributed by atoms with E-state index in [4.69, 9.17) is 0 Å². The lowest BCUT2D eigenvalue weighted by molar-refractivity contribution is 0.365. The van der Waals surface area contributed by atoms with Gasteiger partial charge in [0.25, 0.3) is 0 Å². The van der Waals surface area contributed by atoms with E-state index in [1.807, 2.05) is 12.1 Å². The van der Waals surface area contributed by atoms with Gasteiger partial charge in [-0.15, -0.1) is 6.58 Å². The molecule has 0 bridgehead atoms. The molecule has 0 N–H and O–H groups in total. The van der Waals surface area contributed by atoms with Crippen LogP contribution in [0.4, 0.5) is 4.39 Å². The van der Waals surface area contributed by atoms with Gasteiger partial charge in [0, 0.05) is 23.2 Å². The van der Waals surface area contributed by atoms with Gasteiger partial charge in [0.1, 0.15) is 5.82 Å². The molecule has 0 amide bonds. The smallest absolute Gasteiger partial charge is 0.123 e. The molecule has 0 atom stereocenters. The third-order valence-electron chi connectivity index (χ3n) is 4.43. The number of aromatic nitrogens is 1. The van der Waals surface area contributed by atoms with Gasteiger partial charge in [-0.3, -0.25) is 4.98 Å². The molecule has 0 aliphatic heterocycles. The fraction of sp³-hybridized carbons (Fsp3) is 0.286. The number of hydrogen-bond donors (Lipinski definition) is 0. The van der Waals surface area contributed by atoms with Crippen molar-refractivity contribution in [3.05, 3.63) is 66.6 Å². The van der Waals surface area contributed by atoms with Crippen LogP contribution in [0.1, 0.15) is 31.2 Å². The standard InChI is InChI=1S/C21H20FN/c1-2-16-3-5-17(6-4-16)7-8-18-9-14-21(23-15-18)19-10-12-20(22)13-11-19/h2,9-17H,1,3-6H2/t16-,17-. The van der Waals surface area contributed by atoms with Gasteiger partial charge in [0.05, 0.1) is 5.69 Å². The van der Waals surface area contributed by atoms with E-state index < -0.39 is 0 Å². The van der Waals surface area contributed by atoms with Crippen molar-refractivity contribution in [2.45, 2.75) is 25.7 Å². The molecule has 2 aromatic rings. The Morgan fingerprint density at radius 3 is 2.39 bits per heavy atom. The van der Waals surface area contributed by atoms with E-state index in [0.29, 0.717) is 11.8 Å². The molecule has 1 nitrogen and oxygen atoms in total. The minimum Gasteiger partial charge on any atom is -0.255 e. The molecule has 23 heavy (non-hydrogen) atoms. The minimum absolute atomic E-state index is 0.234. The van der Waals surface area contributed by atoms with Gasteiger partial charge >= 0.3 is 0 Å². The van der Waals surface area contributed by atoms with Gasteiger partial charge in [-0.05, 0) is 68.0 Å². The second kappa shape index (κ2) is 7.24. The maximum atomic E-state index is 12.9. The van der Waals surface area contributed by atoms with Crippen molar-refractivity contribution >= 4 is 0 Å².